The quantitative estimate of drug-likeness (QED) is 0.815. The van der Waals surface area contributed by atoms with E-state index in [1.807, 2.05) is 0 Å². The van der Waals surface area contributed by atoms with E-state index in [0.29, 0.717) is 18.4 Å². The molecule has 0 radical (unpaired) electrons. The van der Waals surface area contributed by atoms with Crippen LogP contribution < -0.4 is 5.32 Å². The Labute approximate surface area is 137 Å². The van der Waals surface area contributed by atoms with Gasteiger partial charge in [0.15, 0.2) is 0 Å². The summed E-state index contributed by atoms with van der Waals surface area (Å²) >= 11 is 0. The number of likely N-dealkylation sites (tertiary alicyclic amines) is 1. The van der Waals surface area contributed by atoms with E-state index in [9.17, 15) is 14.3 Å². The number of hydrogen-bond donors (Lipinski definition) is 2. The highest BCUT2D eigenvalue weighted by Gasteiger charge is 2.43. The zero-order valence-corrected chi connectivity index (χ0v) is 13.9. The van der Waals surface area contributed by atoms with Gasteiger partial charge in [0.2, 0.25) is 5.91 Å². The molecule has 0 bridgehead atoms. The first-order valence-corrected chi connectivity index (χ1v) is 8.92. The zero-order valence-electron chi connectivity index (χ0n) is 13.9. The number of nitrogens with one attached hydrogen (secondary N) is 1. The number of hydrogen-bond acceptors (Lipinski definition) is 4. The molecule has 1 saturated carbocycles. The molecule has 0 aromatic carbocycles. The Morgan fingerprint density at radius 2 is 1.91 bits per heavy atom. The molecular weight excluding hydrogens is 299 g/mol. The van der Waals surface area contributed by atoms with Crippen LogP contribution in [0, 0.1) is 5.41 Å². The number of aliphatic hydroxyl groups excluding tert-OH is 1. The van der Waals surface area contributed by atoms with E-state index in [2.05, 4.69) is 5.32 Å². The molecular formula is C17H29FN2O3. The Balaban J connectivity index is 1.50. The van der Waals surface area contributed by atoms with Crippen molar-refractivity contribution in [1.29, 1.82) is 0 Å². The van der Waals surface area contributed by atoms with E-state index in [4.69, 9.17) is 4.74 Å². The molecule has 23 heavy (non-hydrogen) atoms. The zero-order chi connectivity index (χ0) is 16.3. The van der Waals surface area contributed by atoms with Crippen molar-refractivity contribution in [3.8, 4) is 0 Å². The summed E-state index contributed by atoms with van der Waals surface area (Å²) in [6.07, 6.45) is 5.72. The molecule has 1 amide bonds. The number of carbonyl (C=O) groups is 1. The van der Waals surface area contributed by atoms with E-state index < -0.39 is 6.17 Å². The van der Waals surface area contributed by atoms with E-state index >= 15 is 0 Å². The third-order valence-electron chi connectivity index (χ3n) is 6.22. The van der Waals surface area contributed by atoms with Gasteiger partial charge in [-0.25, -0.2) is 4.39 Å². The molecule has 2 heterocycles. The number of aliphatic hydroxyl groups is 1. The van der Waals surface area contributed by atoms with E-state index in [0.717, 1.165) is 51.7 Å². The van der Waals surface area contributed by atoms with Crippen LogP contribution in [0.4, 0.5) is 4.39 Å². The molecule has 1 aliphatic carbocycles. The number of halogens is 1. The average molecular weight is 328 g/mol. The van der Waals surface area contributed by atoms with Crippen molar-refractivity contribution in [1.82, 2.24) is 10.2 Å². The standard InChI is InChI=1S/C17H29FN2O3/c18-14-1-8-20(12-14)15(22)11-19-17(13-21)4-2-16(3-5-17)6-9-23-10-7-16/h14,19,21H,1-13H2/t14-/m0/s1. The number of alkyl halides is 1. The maximum Gasteiger partial charge on any atom is 0.236 e. The minimum absolute atomic E-state index is 0.0515. The molecule has 3 aliphatic rings. The Hall–Kier alpha value is -0.720. The second kappa shape index (κ2) is 7.03. The molecule has 132 valence electrons. The highest BCUT2D eigenvalue weighted by molar-refractivity contribution is 5.78. The van der Waals surface area contributed by atoms with Crippen LogP contribution >= 0.6 is 0 Å². The van der Waals surface area contributed by atoms with Crippen molar-refractivity contribution < 1.29 is 19.0 Å². The van der Waals surface area contributed by atoms with Crippen LogP contribution in [0.25, 0.3) is 0 Å². The fourth-order valence-electron chi connectivity index (χ4n) is 4.27. The Morgan fingerprint density at radius 3 is 2.48 bits per heavy atom. The number of ether oxygens (including phenoxy) is 1. The maximum absolute atomic E-state index is 13.2. The lowest BCUT2D eigenvalue weighted by molar-refractivity contribution is -0.130. The molecule has 1 spiro atoms. The fraction of sp³-hybridized carbons (Fsp3) is 0.941. The molecule has 3 rings (SSSR count). The van der Waals surface area contributed by atoms with Gasteiger partial charge in [-0.1, -0.05) is 0 Å². The molecule has 0 aromatic heterocycles. The van der Waals surface area contributed by atoms with Crippen LogP contribution in [0.15, 0.2) is 0 Å². The average Bonchev–Trinajstić information content (AvgIpc) is 3.02. The van der Waals surface area contributed by atoms with Crippen LogP contribution in [0.5, 0.6) is 0 Å². The first-order valence-electron chi connectivity index (χ1n) is 8.92. The monoisotopic (exact) mass is 328 g/mol. The fourth-order valence-corrected chi connectivity index (χ4v) is 4.27. The van der Waals surface area contributed by atoms with E-state index in [1.165, 1.54) is 0 Å². The lowest BCUT2D eigenvalue weighted by atomic mass is 9.64. The van der Waals surface area contributed by atoms with Crippen molar-refractivity contribution in [3.63, 3.8) is 0 Å². The second-order valence-corrected chi connectivity index (χ2v) is 7.63. The van der Waals surface area contributed by atoms with Gasteiger partial charge >= 0.3 is 0 Å². The topological polar surface area (TPSA) is 61.8 Å². The molecule has 0 aromatic rings. The molecule has 3 fully saturated rings. The summed E-state index contributed by atoms with van der Waals surface area (Å²) in [6, 6.07) is 0. The second-order valence-electron chi connectivity index (χ2n) is 7.63. The molecule has 1 atom stereocenters. The normalized spacial score (nSPS) is 29.8. The van der Waals surface area contributed by atoms with Crippen LogP contribution in [0.2, 0.25) is 0 Å². The molecule has 2 N–H and O–H groups in total. The van der Waals surface area contributed by atoms with Crippen LogP contribution in [-0.4, -0.2) is 67.1 Å². The molecule has 0 unspecified atom stereocenters. The summed E-state index contributed by atoms with van der Waals surface area (Å²) in [7, 11) is 0. The minimum Gasteiger partial charge on any atom is -0.394 e. The predicted molar refractivity (Wildman–Crippen MR) is 84.9 cm³/mol. The van der Waals surface area contributed by atoms with Gasteiger partial charge in [-0.3, -0.25) is 4.79 Å². The van der Waals surface area contributed by atoms with Gasteiger partial charge in [-0.2, -0.15) is 0 Å². The van der Waals surface area contributed by atoms with Gasteiger partial charge in [-0.05, 0) is 50.4 Å². The van der Waals surface area contributed by atoms with Crippen LogP contribution in [0.3, 0.4) is 0 Å². The largest absolute Gasteiger partial charge is 0.394 e. The summed E-state index contributed by atoms with van der Waals surface area (Å²) in [5.41, 5.74) is 0.0209. The Bertz CT molecular complexity index is 416. The third kappa shape index (κ3) is 3.86. The van der Waals surface area contributed by atoms with Crippen LogP contribution in [-0.2, 0) is 9.53 Å². The van der Waals surface area contributed by atoms with Gasteiger partial charge < -0.3 is 20.1 Å². The van der Waals surface area contributed by atoms with Gasteiger partial charge in [-0.15, -0.1) is 0 Å². The maximum atomic E-state index is 13.2. The van der Waals surface area contributed by atoms with Crippen LogP contribution in [0.1, 0.15) is 44.9 Å². The lowest BCUT2D eigenvalue weighted by Crippen LogP contribution is -2.55. The van der Waals surface area contributed by atoms with Crippen molar-refractivity contribution in [3.05, 3.63) is 0 Å². The van der Waals surface area contributed by atoms with Crippen molar-refractivity contribution in [2.24, 2.45) is 5.41 Å². The highest BCUT2D eigenvalue weighted by atomic mass is 19.1. The summed E-state index contributed by atoms with van der Waals surface area (Å²) in [6.45, 7) is 2.67. The first kappa shape index (κ1) is 17.1. The first-order chi connectivity index (χ1) is 11.1. The number of rotatable bonds is 4. The van der Waals surface area contributed by atoms with Crippen molar-refractivity contribution in [2.45, 2.75) is 56.7 Å². The minimum atomic E-state index is -0.881. The Kier molecular flexibility index (Phi) is 5.23. The van der Waals surface area contributed by atoms with Crippen molar-refractivity contribution >= 4 is 5.91 Å². The van der Waals surface area contributed by atoms with E-state index in [1.54, 1.807) is 4.90 Å². The SMILES string of the molecule is O=C(CNC1(CO)CCC2(CCOCC2)CC1)N1CC[C@H](F)C1. The molecule has 2 saturated heterocycles. The number of amides is 1. The van der Waals surface area contributed by atoms with Gasteiger partial charge in [0, 0.05) is 25.3 Å². The van der Waals surface area contributed by atoms with Crippen molar-refractivity contribution in [2.75, 3.05) is 39.5 Å². The molecule has 6 heteroatoms. The number of nitrogens with zero attached hydrogens (tertiary/aromatic N) is 1. The summed E-state index contributed by atoms with van der Waals surface area (Å²) in [4.78, 5) is 13.8. The molecule has 2 aliphatic heterocycles. The summed E-state index contributed by atoms with van der Waals surface area (Å²) in [5, 5.41) is 13.2. The molecule has 5 nitrogen and oxygen atoms in total. The van der Waals surface area contributed by atoms with Gasteiger partial charge in [0.1, 0.15) is 6.17 Å². The van der Waals surface area contributed by atoms with Gasteiger partial charge in [0.05, 0.1) is 19.7 Å². The predicted octanol–water partition coefficient (Wildman–Crippen LogP) is 1.25. The Morgan fingerprint density at radius 1 is 1.22 bits per heavy atom. The summed E-state index contributed by atoms with van der Waals surface area (Å²) in [5.74, 6) is -0.0515. The summed E-state index contributed by atoms with van der Waals surface area (Å²) < 4.78 is 18.7. The number of carbonyl (C=O) groups excluding carboxylic acids is 1. The lowest BCUT2D eigenvalue weighted by Gasteiger charge is -2.48. The van der Waals surface area contributed by atoms with Gasteiger partial charge in [0.25, 0.3) is 0 Å². The highest BCUT2D eigenvalue weighted by Crippen LogP contribution is 2.47. The smallest absolute Gasteiger partial charge is 0.236 e. The van der Waals surface area contributed by atoms with E-state index in [-0.39, 0.29) is 31.1 Å². The third-order valence-corrected chi connectivity index (χ3v) is 6.22.